The van der Waals surface area contributed by atoms with Crippen LogP contribution < -0.4 is 19.5 Å². The summed E-state index contributed by atoms with van der Waals surface area (Å²) in [6.45, 7) is 1.90. The van der Waals surface area contributed by atoms with Crippen LogP contribution in [0.5, 0.6) is 17.2 Å². The zero-order chi connectivity index (χ0) is 24.8. The highest BCUT2D eigenvalue weighted by molar-refractivity contribution is 9.10. The molecule has 7 nitrogen and oxygen atoms in total. The predicted octanol–water partition coefficient (Wildman–Crippen LogP) is 5.34. The maximum absolute atomic E-state index is 12.5. The Morgan fingerprint density at radius 1 is 1.21 bits per heavy atom. The highest BCUT2D eigenvalue weighted by Crippen LogP contribution is 2.36. The van der Waals surface area contributed by atoms with Crippen molar-refractivity contribution in [3.8, 4) is 23.3 Å². The zero-order valence-electron chi connectivity index (χ0n) is 18.2. The van der Waals surface area contributed by atoms with Crippen molar-refractivity contribution in [2.45, 2.75) is 44.4 Å². The molecule has 11 heteroatoms. The van der Waals surface area contributed by atoms with Crippen molar-refractivity contribution in [1.82, 2.24) is 5.32 Å². The second kappa shape index (κ2) is 11.0. The molecule has 1 amide bonds. The quantitative estimate of drug-likeness (QED) is 0.484. The van der Waals surface area contributed by atoms with Crippen molar-refractivity contribution in [3.63, 3.8) is 0 Å². The van der Waals surface area contributed by atoms with E-state index < -0.39 is 23.6 Å². The smallest absolute Gasteiger partial charge is 0.489 e. The molecule has 2 aromatic carbocycles. The number of nitriles is 1. The Morgan fingerprint density at radius 3 is 2.53 bits per heavy atom. The number of hydrogen-bond acceptors (Lipinski definition) is 6. The average molecular weight is 543 g/mol. The van der Waals surface area contributed by atoms with E-state index in [-0.39, 0.29) is 18.5 Å². The first-order valence-corrected chi connectivity index (χ1v) is 11.2. The van der Waals surface area contributed by atoms with Crippen LogP contribution in [0.1, 0.15) is 36.5 Å². The number of hydrogen-bond donors (Lipinski definition) is 1. The maximum Gasteiger partial charge on any atom is 0.573 e. The first-order chi connectivity index (χ1) is 16.1. The number of carbonyl (C=O) groups excluding carboxylic acids is 1. The van der Waals surface area contributed by atoms with E-state index in [1.165, 1.54) is 19.1 Å². The first kappa shape index (κ1) is 25.6. The number of nitrogens with one attached hydrogen (secondary N) is 1. The van der Waals surface area contributed by atoms with Gasteiger partial charge in [-0.3, -0.25) is 4.79 Å². The maximum atomic E-state index is 12.5. The van der Waals surface area contributed by atoms with E-state index in [9.17, 15) is 23.2 Å². The van der Waals surface area contributed by atoms with Crippen LogP contribution in [0, 0.1) is 11.3 Å². The van der Waals surface area contributed by atoms with Gasteiger partial charge in [0, 0.05) is 12.0 Å². The predicted molar refractivity (Wildman–Crippen MR) is 118 cm³/mol. The van der Waals surface area contributed by atoms with E-state index >= 15 is 0 Å². The van der Waals surface area contributed by atoms with Crippen molar-refractivity contribution in [1.29, 1.82) is 5.26 Å². The molecule has 0 bridgehead atoms. The van der Waals surface area contributed by atoms with Crippen LogP contribution in [0.15, 0.2) is 46.9 Å². The molecule has 0 saturated carbocycles. The molecular formula is C23H22BrF3N2O5. The van der Waals surface area contributed by atoms with Gasteiger partial charge in [0.25, 0.3) is 5.91 Å². The van der Waals surface area contributed by atoms with Crippen molar-refractivity contribution in [2.75, 3.05) is 13.2 Å². The number of rotatable bonds is 8. The number of nitrogens with zero attached hydrogens (tertiary/aromatic N) is 1. The molecule has 0 aliphatic carbocycles. The van der Waals surface area contributed by atoms with Gasteiger partial charge in [-0.05, 0) is 72.1 Å². The Bertz CT molecular complexity index is 1040. The standard InChI is InChI=1S/C23H22BrF3N2O5/c1-22(13-28,29-21(30)15-8-10-16(11-9-15)34-23(25,26)27)14-32-17-5-4-6-18(20(17)24)33-19-7-2-3-12-31-19/h4-6,8-11,19H,2-3,7,12,14H2,1H3,(H,29,30)/t19-,22+/m0/s1. The summed E-state index contributed by atoms with van der Waals surface area (Å²) >= 11 is 3.45. The number of halogens is 4. The van der Waals surface area contributed by atoms with Crippen LogP contribution in [0.3, 0.4) is 0 Å². The number of alkyl halides is 3. The van der Waals surface area contributed by atoms with Gasteiger partial charge < -0.3 is 24.3 Å². The van der Waals surface area contributed by atoms with Crippen molar-refractivity contribution >= 4 is 21.8 Å². The van der Waals surface area contributed by atoms with Gasteiger partial charge in [-0.1, -0.05) is 6.07 Å². The van der Waals surface area contributed by atoms with E-state index in [1.807, 2.05) is 6.07 Å². The second-order valence-electron chi connectivity index (χ2n) is 7.74. The molecular weight excluding hydrogens is 521 g/mol. The summed E-state index contributed by atoms with van der Waals surface area (Å²) < 4.78 is 58.5. The van der Waals surface area contributed by atoms with Gasteiger partial charge in [-0.25, -0.2) is 0 Å². The van der Waals surface area contributed by atoms with Crippen molar-refractivity contribution in [2.24, 2.45) is 0 Å². The minimum Gasteiger partial charge on any atom is -0.489 e. The Labute approximate surface area is 202 Å². The lowest BCUT2D eigenvalue weighted by Crippen LogP contribution is -2.49. The van der Waals surface area contributed by atoms with Crippen LogP contribution in [0.4, 0.5) is 13.2 Å². The fraction of sp³-hybridized carbons (Fsp3) is 0.391. The molecule has 1 aliphatic heterocycles. The van der Waals surface area contributed by atoms with Gasteiger partial charge >= 0.3 is 6.36 Å². The second-order valence-corrected chi connectivity index (χ2v) is 8.53. The number of benzene rings is 2. The minimum absolute atomic E-state index is 0.0556. The van der Waals surface area contributed by atoms with Crippen LogP contribution in [-0.2, 0) is 4.74 Å². The van der Waals surface area contributed by atoms with Crippen LogP contribution in [0.2, 0.25) is 0 Å². The molecule has 2 aromatic rings. The molecule has 34 heavy (non-hydrogen) atoms. The highest BCUT2D eigenvalue weighted by atomic mass is 79.9. The molecule has 1 heterocycles. The zero-order valence-corrected chi connectivity index (χ0v) is 19.7. The third-order valence-electron chi connectivity index (χ3n) is 4.83. The average Bonchev–Trinajstić information content (AvgIpc) is 2.80. The van der Waals surface area contributed by atoms with E-state index in [0.717, 1.165) is 31.4 Å². The summed E-state index contributed by atoms with van der Waals surface area (Å²) in [5.74, 6) is -0.191. The minimum atomic E-state index is -4.83. The molecule has 182 valence electrons. The number of amides is 1. The molecule has 3 rings (SSSR count). The summed E-state index contributed by atoms with van der Waals surface area (Å²) in [6.07, 6.45) is -2.40. The fourth-order valence-corrected chi connectivity index (χ4v) is 3.56. The molecule has 0 radical (unpaired) electrons. The van der Waals surface area contributed by atoms with Gasteiger partial charge in [0.2, 0.25) is 0 Å². The Balaban J connectivity index is 1.62. The Morgan fingerprint density at radius 2 is 1.91 bits per heavy atom. The Kier molecular flexibility index (Phi) is 8.28. The lowest BCUT2D eigenvalue weighted by atomic mass is 10.1. The molecule has 0 unspecified atom stereocenters. The number of ether oxygens (including phenoxy) is 4. The third kappa shape index (κ3) is 7.27. The fourth-order valence-electron chi connectivity index (χ4n) is 3.09. The summed E-state index contributed by atoms with van der Waals surface area (Å²) in [4.78, 5) is 12.5. The first-order valence-electron chi connectivity index (χ1n) is 10.4. The molecule has 2 atom stereocenters. The van der Waals surface area contributed by atoms with Gasteiger partial charge in [-0.2, -0.15) is 5.26 Å². The van der Waals surface area contributed by atoms with Crippen LogP contribution in [0.25, 0.3) is 0 Å². The number of carbonyl (C=O) groups is 1. The van der Waals surface area contributed by atoms with Gasteiger partial charge in [0.1, 0.15) is 28.3 Å². The summed E-state index contributed by atoms with van der Waals surface area (Å²) in [6, 6.07) is 11.5. The SMILES string of the molecule is C[C@@](C#N)(COc1cccc(O[C@H]2CCCCO2)c1Br)NC(=O)c1ccc(OC(F)(F)F)cc1. The molecule has 1 N–H and O–H groups in total. The lowest BCUT2D eigenvalue weighted by molar-refractivity contribution is -0.274. The summed E-state index contributed by atoms with van der Waals surface area (Å²) in [5, 5.41) is 12.2. The van der Waals surface area contributed by atoms with Crippen LogP contribution >= 0.6 is 15.9 Å². The van der Waals surface area contributed by atoms with E-state index in [1.54, 1.807) is 18.2 Å². The van der Waals surface area contributed by atoms with Gasteiger partial charge in [-0.15, -0.1) is 13.2 Å². The monoisotopic (exact) mass is 542 g/mol. The molecule has 1 aliphatic rings. The Hall–Kier alpha value is -2.97. The van der Waals surface area contributed by atoms with E-state index in [4.69, 9.17) is 14.2 Å². The van der Waals surface area contributed by atoms with Gasteiger partial charge in [0.15, 0.2) is 11.8 Å². The molecule has 1 saturated heterocycles. The lowest BCUT2D eigenvalue weighted by Gasteiger charge is -2.26. The van der Waals surface area contributed by atoms with Crippen molar-refractivity contribution in [3.05, 3.63) is 52.5 Å². The summed E-state index contributed by atoms with van der Waals surface area (Å²) in [7, 11) is 0. The van der Waals surface area contributed by atoms with Crippen LogP contribution in [-0.4, -0.2) is 37.3 Å². The topological polar surface area (TPSA) is 89.8 Å². The van der Waals surface area contributed by atoms with E-state index in [0.29, 0.717) is 22.6 Å². The van der Waals surface area contributed by atoms with E-state index in [2.05, 4.69) is 26.0 Å². The van der Waals surface area contributed by atoms with Gasteiger partial charge in [0.05, 0.1) is 12.7 Å². The third-order valence-corrected chi connectivity index (χ3v) is 5.61. The molecule has 1 fully saturated rings. The highest BCUT2D eigenvalue weighted by Gasteiger charge is 2.32. The molecule has 0 spiro atoms. The molecule has 0 aromatic heterocycles. The largest absolute Gasteiger partial charge is 0.573 e. The van der Waals surface area contributed by atoms with Crippen molar-refractivity contribution < 1.29 is 36.9 Å². The summed E-state index contributed by atoms with van der Waals surface area (Å²) in [5.41, 5.74) is -1.37. The normalized spacial score (nSPS) is 17.7.